The van der Waals surface area contributed by atoms with Crippen LogP contribution in [0, 0.1) is 66.7 Å². The van der Waals surface area contributed by atoms with Gasteiger partial charge in [0.05, 0.1) is 50.6 Å². The number of hydrogen-bond donors (Lipinski definition) is 3. The van der Waals surface area contributed by atoms with Crippen LogP contribution in [0.4, 0.5) is 0 Å². The van der Waals surface area contributed by atoms with Crippen LogP contribution < -0.4 is 0 Å². The molecule has 0 saturated heterocycles. The number of benzene rings is 6. The number of nitrogens with zero attached hydrogens (tertiary/aromatic N) is 6. The molecule has 0 atom stereocenters. The molecule has 0 aliphatic rings. The van der Waals surface area contributed by atoms with E-state index < -0.39 is 0 Å². The number of aliphatic hydroxyl groups excluding tert-OH is 3. The molecule has 0 aliphatic heterocycles. The molecule has 0 spiro atoms. The van der Waals surface area contributed by atoms with E-state index in [4.69, 9.17) is 56.8 Å². The molecule has 18 aromatic rings. The minimum Gasteiger partial charge on any atom is -0.512 e. The third kappa shape index (κ3) is 22.8. The average Bonchev–Trinajstić information content (AvgIpc) is 1.55. The van der Waals surface area contributed by atoms with Gasteiger partial charge in [-0.1, -0.05) is 149 Å². The molecule has 21 heteroatoms. The van der Waals surface area contributed by atoms with Crippen LogP contribution in [0.15, 0.2) is 238 Å². The van der Waals surface area contributed by atoms with E-state index in [9.17, 15) is 14.4 Å². The van der Waals surface area contributed by atoms with Crippen LogP contribution in [0.2, 0.25) is 0 Å². The summed E-state index contributed by atoms with van der Waals surface area (Å²) in [6.45, 7) is 43.1. The van der Waals surface area contributed by atoms with E-state index in [1.54, 1.807) is 0 Å². The van der Waals surface area contributed by atoms with E-state index in [2.05, 4.69) is 190 Å². The summed E-state index contributed by atoms with van der Waals surface area (Å²) in [6.07, 6.45) is 3.50. The average molecular weight is 2230 g/mol. The molecule has 0 unspecified atom stereocenters. The molecule has 657 valence electrons. The summed E-state index contributed by atoms with van der Waals surface area (Å²) < 4.78 is 37.2. The molecule has 127 heavy (non-hydrogen) atoms. The monoisotopic (exact) mass is 2230 g/mol. The van der Waals surface area contributed by atoms with Crippen LogP contribution in [0.25, 0.3) is 167 Å². The summed E-state index contributed by atoms with van der Waals surface area (Å²) in [5.41, 5.74) is 28.6. The third-order valence-corrected chi connectivity index (χ3v) is 20.5. The standard InChI is InChI=1S/C33H31N2O2.C31H27N2O2.C27H19N2O2.3C5H8O2.3Ir/c1-19-11-12-24-23-9-8-10-25(30(23)37-31(24)34-19)26-13-14-28-27(35-26)18-29(36-28)20-15-21(32(2,3)4)17-22(16-20)33(5,6)7;1-17-14-20(31(4,5)6)15-18(2)28(17)27-16-25-26(34-27)13-12-24(33-25)23-9-7-8-21-22-11-10-19(3)32-30(22)35-29(21)23;1-15-11-16(2)13-18(12-15)25-14-23-24(30-25)10-9-22(29-23)21-6-4-5-19-20-8-7-17(3)28-27(20)31-26(19)21;3*1-4(6)3-5(2)7;;;/h8-9,11-18H,1-7H3;7-8,10-16H,1-6H3;4-5,7-14H,1-3H3;3*3,6H,1-2H3;;;/q3*-1;;;;;;. The third-order valence-electron chi connectivity index (χ3n) is 20.5. The number of carbonyl (C=O) groups is 3. The maximum absolute atomic E-state index is 10.0. The minimum atomic E-state index is -0.125. The molecule has 0 aliphatic carbocycles. The second-order valence-corrected chi connectivity index (χ2v) is 34.7. The van der Waals surface area contributed by atoms with Crippen molar-refractivity contribution in [2.75, 3.05) is 0 Å². The Morgan fingerprint density at radius 3 is 0.906 bits per heavy atom. The van der Waals surface area contributed by atoms with Gasteiger partial charge < -0.3 is 41.8 Å². The molecule has 0 fully saturated rings. The predicted octanol–water partition coefficient (Wildman–Crippen LogP) is 27.9. The predicted molar refractivity (Wildman–Crippen MR) is 497 cm³/mol. The first kappa shape index (κ1) is 97.0. The Morgan fingerprint density at radius 2 is 0.614 bits per heavy atom. The van der Waals surface area contributed by atoms with E-state index in [0.29, 0.717) is 17.1 Å². The normalized spacial score (nSPS) is 11.8. The van der Waals surface area contributed by atoms with E-state index in [1.165, 1.54) is 98.7 Å². The van der Waals surface area contributed by atoms with Crippen molar-refractivity contribution in [1.29, 1.82) is 0 Å². The van der Waals surface area contributed by atoms with Crippen LogP contribution in [0.5, 0.6) is 0 Å². The number of furan rings is 6. The Kier molecular flexibility index (Phi) is 30.4. The van der Waals surface area contributed by atoms with Gasteiger partial charge in [0.2, 0.25) is 17.1 Å². The fourth-order valence-corrected chi connectivity index (χ4v) is 14.7. The number of ketones is 3. The van der Waals surface area contributed by atoms with Gasteiger partial charge in [-0.3, -0.25) is 29.3 Å². The number of rotatable bonds is 9. The van der Waals surface area contributed by atoms with Crippen molar-refractivity contribution in [3.8, 4) is 67.7 Å². The van der Waals surface area contributed by atoms with Gasteiger partial charge in [0.25, 0.3) is 0 Å². The van der Waals surface area contributed by atoms with Crippen molar-refractivity contribution in [3.63, 3.8) is 0 Å². The van der Waals surface area contributed by atoms with Crippen LogP contribution in [-0.2, 0) is 90.9 Å². The largest absolute Gasteiger partial charge is 0.512 e. The molecule has 3 N–H and O–H groups in total. The Balaban J connectivity index is 0.000000176. The zero-order chi connectivity index (χ0) is 89.3. The zero-order valence-electron chi connectivity index (χ0n) is 75.2. The fraction of sp³-hybridized carbons (Fsp3) is 0.236. The first-order valence-corrected chi connectivity index (χ1v) is 40.9. The number of hydrogen-bond acceptors (Lipinski definition) is 18. The summed E-state index contributed by atoms with van der Waals surface area (Å²) in [7, 11) is 0. The maximum Gasteiger partial charge on any atom is 0.216 e. The molecule has 3 radical (unpaired) electrons. The van der Waals surface area contributed by atoms with E-state index in [-0.39, 0.29) is 111 Å². The Morgan fingerprint density at radius 1 is 0.323 bits per heavy atom. The summed E-state index contributed by atoms with van der Waals surface area (Å²) in [5, 5.41) is 31.1. The number of aromatic nitrogens is 6. The second-order valence-electron chi connectivity index (χ2n) is 34.7. The van der Waals surface area contributed by atoms with Crippen molar-refractivity contribution in [2.24, 2.45) is 0 Å². The number of allylic oxidation sites excluding steroid dienone is 6. The van der Waals surface area contributed by atoms with E-state index in [0.717, 1.165) is 167 Å². The number of aliphatic hydroxyl groups is 3. The fourth-order valence-electron chi connectivity index (χ4n) is 14.7. The molecular weight excluding hydrogens is 2130 g/mol. The molecule has 12 aromatic heterocycles. The van der Waals surface area contributed by atoms with Crippen molar-refractivity contribution < 1.29 is 117 Å². The van der Waals surface area contributed by atoms with Crippen molar-refractivity contribution in [1.82, 2.24) is 29.9 Å². The van der Waals surface area contributed by atoms with Gasteiger partial charge in [0.1, 0.15) is 17.3 Å². The molecule has 0 amide bonds. The molecule has 12 heterocycles. The maximum atomic E-state index is 10.0. The Hall–Kier alpha value is -12.2. The molecule has 0 bridgehead atoms. The minimum absolute atomic E-state index is 0. The number of fused-ring (bicyclic) bond motifs is 12. The topological polar surface area (TPSA) is 268 Å². The van der Waals surface area contributed by atoms with Gasteiger partial charge in [-0.25, -0.2) is 15.0 Å². The van der Waals surface area contributed by atoms with Crippen LogP contribution in [0.3, 0.4) is 0 Å². The molecule has 6 aromatic carbocycles. The van der Waals surface area contributed by atoms with Crippen molar-refractivity contribution in [2.45, 2.75) is 169 Å². The Labute approximate surface area is 779 Å². The Bertz CT molecular complexity index is 7130. The van der Waals surface area contributed by atoms with E-state index in [1.807, 2.05) is 130 Å². The van der Waals surface area contributed by atoms with Crippen LogP contribution in [0.1, 0.15) is 160 Å². The molecule has 18 nitrogen and oxygen atoms in total. The summed E-state index contributed by atoms with van der Waals surface area (Å²) in [4.78, 5) is 58.5. The van der Waals surface area contributed by atoms with Gasteiger partial charge in [0, 0.05) is 147 Å². The first-order chi connectivity index (χ1) is 58.6. The summed E-state index contributed by atoms with van der Waals surface area (Å²) >= 11 is 0. The summed E-state index contributed by atoms with van der Waals surface area (Å²) in [6, 6.07) is 69.6. The van der Waals surface area contributed by atoms with Crippen molar-refractivity contribution in [3.05, 3.63) is 286 Å². The smallest absolute Gasteiger partial charge is 0.216 e. The van der Waals surface area contributed by atoms with Crippen LogP contribution >= 0.6 is 0 Å². The van der Waals surface area contributed by atoms with Crippen molar-refractivity contribution >= 4 is 117 Å². The van der Waals surface area contributed by atoms with Gasteiger partial charge >= 0.3 is 0 Å². The number of aryl methyl sites for hydroxylation is 7. The SMILES string of the molecule is CC(=O)C=C(C)O.CC(=O)C=C(C)O.CC(=O)C=C(C)O.Cc1cc(C)cc(-c2cc3nc(-c4[c-]ccc5c4oc4nc(C)ccc45)ccc3o2)c1.Cc1ccc2c(n1)oc1c(-c3ccc4oc(-c5c(C)cc(C(C)(C)C)cc5C)cc4n3)[c-]ccc12.Cc1ccc2c(n1)oc1c(-c3ccc4oc(-c5cc(C(C)(C)C)cc(C(C)(C)C)c5)cc4n3)[c-]ccc12.[Ir].[Ir].[Ir]. The molecule has 0 saturated carbocycles. The van der Waals surface area contributed by atoms with Gasteiger partial charge in [-0.2, -0.15) is 0 Å². The second kappa shape index (κ2) is 39.8. The first-order valence-electron chi connectivity index (χ1n) is 40.9. The quantitative estimate of drug-likeness (QED) is 0.0688. The molecular formula is C106H101Ir3N6O12-3. The number of carbonyl (C=O) groups excluding carboxylic acids is 3. The van der Waals surface area contributed by atoms with Gasteiger partial charge in [-0.05, 0) is 230 Å². The van der Waals surface area contributed by atoms with Crippen LogP contribution in [-0.4, -0.2) is 62.6 Å². The van der Waals surface area contributed by atoms with Gasteiger partial charge in [-0.15, -0.1) is 54.6 Å². The molecule has 18 rings (SSSR count). The van der Waals surface area contributed by atoms with E-state index >= 15 is 0 Å². The zero-order valence-corrected chi connectivity index (χ0v) is 82.4. The summed E-state index contributed by atoms with van der Waals surface area (Å²) in [5.74, 6) is 2.29. The van der Waals surface area contributed by atoms with Gasteiger partial charge in [0.15, 0.2) is 34.1 Å². The number of pyridine rings is 6.